The minimum absolute atomic E-state index is 0.0293. The number of H-pyrrole nitrogens is 1. The van der Waals surface area contributed by atoms with Crippen LogP contribution in [-0.2, 0) is 0 Å². The highest BCUT2D eigenvalue weighted by molar-refractivity contribution is 6.04. The van der Waals surface area contributed by atoms with Gasteiger partial charge in [0.2, 0.25) is 11.8 Å². The van der Waals surface area contributed by atoms with E-state index in [1.54, 1.807) is 6.92 Å². The number of carbonyl (C=O) groups is 1. The van der Waals surface area contributed by atoms with E-state index in [0.717, 1.165) is 24.0 Å². The molecule has 1 N–H and O–H groups in total. The van der Waals surface area contributed by atoms with Gasteiger partial charge in [0.05, 0.1) is 11.6 Å². The maximum absolute atomic E-state index is 12.8. The van der Waals surface area contributed by atoms with E-state index in [0.29, 0.717) is 30.6 Å². The number of benzene rings is 1. The number of rotatable bonds is 3. The largest absolute Gasteiger partial charge is 0.424 e. The number of aromatic amines is 1. The third-order valence-electron chi connectivity index (χ3n) is 4.72. The molecule has 1 fully saturated rings. The van der Waals surface area contributed by atoms with Crippen LogP contribution in [0.15, 0.2) is 28.7 Å². The summed E-state index contributed by atoms with van der Waals surface area (Å²) in [7, 11) is 0. The van der Waals surface area contributed by atoms with Gasteiger partial charge >= 0.3 is 0 Å². The number of aryl methyl sites for hydroxylation is 1. The normalized spacial score (nSPS) is 17.1. The summed E-state index contributed by atoms with van der Waals surface area (Å²) >= 11 is 0. The van der Waals surface area contributed by atoms with Crippen molar-refractivity contribution >= 4 is 16.8 Å². The number of amides is 1. The fourth-order valence-corrected chi connectivity index (χ4v) is 3.23. The lowest BCUT2D eigenvalue weighted by atomic mass is 10.1. The molecule has 1 amide bonds. The van der Waals surface area contributed by atoms with Gasteiger partial charge < -0.3 is 9.32 Å². The first-order valence-electron chi connectivity index (χ1n) is 8.40. The molecule has 1 aliphatic heterocycles. The van der Waals surface area contributed by atoms with Crippen LogP contribution >= 0.6 is 0 Å². The topological polar surface area (TPSA) is 91.2 Å². The van der Waals surface area contributed by atoms with Crippen molar-refractivity contribution in [3.63, 3.8) is 0 Å². The number of aromatic nitrogens is 4. The second-order valence-electron chi connectivity index (χ2n) is 6.28. The van der Waals surface area contributed by atoms with Crippen molar-refractivity contribution in [3.05, 3.63) is 41.7 Å². The standard InChI is InChI=1S/C17H20N6O2/c1-11(16-21-18-12(2)25-16)22-7-9-23(10-8-22)17(24)15-13-5-3-4-6-14(13)19-20-15/h3-6,11H,7-10H2,1-2H3,(H,19,20)/t11-/m1/s1. The molecular weight excluding hydrogens is 320 g/mol. The van der Waals surface area contributed by atoms with Crippen LogP contribution in [0.3, 0.4) is 0 Å². The summed E-state index contributed by atoms with van der Waals surface area (Å²) in [6.45, 7) is 6.65. The first-order chi connectivity index (χ1) is 12.1. The Morgan fingerprint density at radius 3 is 2.68 bits per heavy atom. The monoisotopic (exact) mass is 340 g/mol. The van der Waals surface area contributed by atoms with Gasteiger partial charge in [0.25, 0.3) is 5.91 Å². The van der Waals surface area contributed by atoms with Crippen molar-refractivity contribution in [1.29, 1.82) is 0 Å². The molecule has 3 aromatic rings. The summed E-state index contributed by atoms with van der Waals surface area (Å²) in [5.41, 5.74) is 1.37. The minimum Gasteiger partial charge on any atom is -0.424 e. The zero-order chi connectivity index (χ0) is 17.4. The molecule has 1 atom stereocenters. The van der Waals surface area contributed by atoms with E-state index in [4.69, 9.17) is 4.42 Å². The van der Waals surface area contributed by atoms with Crippen molar-refractivity contribution in [2.45, 2.75) is 19.9 Å². The maximum atomic E-state index is 12.8. The quantitative estimate of drug-likeness (QED) is 0.781. The number of hydrogen-bond donors (Lipinski definition) is 1. The lowest BCUT2D eigenvalue weighted by Crippen LogP contribution is -2.49. The van der Waals surface area contributed by atoms with E-state index in [-0.39, 0.29) is 11.9 Å². The molecule has 8 nitrogen and oxygen atoms in total. The van der Waals surface area contributed by atoms with E-state index in [1.807, 2.05) is 36.1 Å². The summed E-state index contributed by atoms with van der Waals surface area (Å²) < 4.78 is 5.52. The Kier molecular flexibility index (Phi) is 3.96. The second-order valence-corrected chi connectivity index (χ2v) is 6.28. The Morgan fingerprint density at radius 2 is 1.96 bits per heavy atom. The molecule has 8 heteroatoms. The SMILES string of the molecule is Cc1nnc([C@@H](C)N2CCN(C(=O)c3n[nH]c4ccccc34)CC2)o1. The molecule has 0 saturated carbocycles. The molecule has 25 heavy (non-hydrogen) atoms. The van der Waals surface area contributed by atoms with Gasteiger partial charge in [-0.2, -0.15) is 5.10 Å². The van der Waals surface area contributed by atoms with E-state index in [2.05, 4.69) is 25.3 Å². The maximum Gasteiger partial charge on any atom is 0.275 e. The lowest BCUT2D eigenvalue weighted by Gasteiger charge is -2.36. The minimum atomic E-state index is -0.0293. The summed E-state index contributed by atoms with van der Waals surface area (Å²) in [5, 5.41) is 16.0. The molecule has 0 unspecified atom stereocenters. The molecule has 2 aromatic heterocycles. The highest BCUT2D eigenvalue weighted by Crippen LogP contribution is 2.22. The van der Waals surface area contributed by atoms with Crippen molar-refractivity contribution in [1.82, 2.24) is 30.2 Å². The summed E-state index contributed by atoms with van der Waals surface area (Å²) in [6.07, 6.45) is 0. The zero-order valence-corrected chi connectivity index (χ0v) is 14.3. The number of nitrogens with one attached hydrogen (secondary N) is 1. The average Bonchev–Trinajstić information content (AvgIpc) is 3.27. The Morgan fingerprint density at radius 1 is 1.20 bits per heavy atom. The van der Waals surface area contributed by atoms with Crippen molar-refractivity contribution in [2.75, 3.05) is 26.2 Å². The van der Waals surface area contributed by atoms with E-state index in [1.165, 1.54) is 0 Å². The van der Waals surface area contributed by atoms with Crippen LogP contribution in [0.25, 0.3) is 10.9 Å². The van der Waals surface area contributed by atoms with Crippen molar-refractivity contribution < 1.29 is 9.21 Å². The summed E-state index contributed by atoms with van der Waals surface area (Å²) in [6, 6.07) is 7.73. The molecule has 0 bridgehead atoms. The number of carbonyl (C=O) groups excluding carboxylic acids is 1. The van der Waals surface area contributed by atoms with Crippen LogP contribution in [0.2, 0.25) is 0 Å². The highest BCUT2D eigenvalue weighted by atomic mass is 16.4. The Balaban J connectivity index is 1.44. The Hall–Kier alpha value is -2.74. The number of fused-ring (bicyclic) bond motifs is 1. The first-order valence-corrected chi connectivity index (χ1v) is 8.40. The van der Waals surface area contributed by atoms with Gasteiger partial charge in [-0.25, -0.2) is 0 Å². The number of piperazine rings is 1. The molecular formula is C17H20N6O2. The Bertz CT molecular complexity index is 893. The molecule has 0 spiro atoms. The van der Waals surface area contributed by atoms with Gasteiger partial charge in [-0.15, -0.1) is 10.2 Å². The summed E-state index contributed by atoms with van der Waals surface area (Å²) in [4.78, 5) is 16.9. The molecule has 0 aliphatic carbocycles. The zero-order valence-electron chi connectivity index (χ0n) is 14.3. The first kappa shape index (κ1) is 15.8. The van der Waals surface area contributed by atoms with Gasteiger partial charge in [0, 0.05) is 38.5 Å². The van der Waals surface area contributed by atoms with Crippen molar-refractivity contribution in [2.24, 2.45) is 0 Å². The summed E-state index contributed by atoms with van der Waals surface area (Å²) in [5.74, 6) is 1.16. The van der Waals surface area contributed by atoms with E-state index >= 15 is 0 Å². The van der Waals surface area contributed by atoms with Gasteiger partial charge in [-0.3, -0.25) is 14.8 Å². The van der Waals surface area contributed by atoms with Crippen LogP contribution in [-0.4, -0.2) is 62.3 Å². The molecule has 1 aliphatic rings. The lowest BCUT2D eigenvalue weighted by molar-refractivity contribution is 0.0554. The number of para-hydroxylation sites is 1. The predicted molar refractivity (Wildman–Crippen MR) is 91.0 cm³/mol. The van der Waals surface area contributed by atoms with Crippen LogP contribution < -0.4 is 0 Å². The van der Waals surface area contributed by atoms with Crippen LogP contribution in [0, 0.1) is 6.92 Å². The highest BCUT2D eigenvalue weighted by Gasteiger charge is 2.29. The van der Waals surface area contributed by atoms with Crippen LogP contribution in [0.5, 0.6) is 0 Å². The smallest absolute Gasteiger partial charge is 0.275 e. The number of hydrogen-bond acceptors (Lipinski definition) is 6. The van der Waals surface area contributed by atoms with Crippen LogP contribution in [0.1, 0.15) is 35.2 Å². The predicted octanol–water partition coefficient (Wildman–Crippen LogP) is 1.77. The molecule has 4 rings (SSSR count). The molecule has 130 valence electrons. The Labute approximate surface area is 144 Å². The van der Waals surface area contributed by atoms with Gasteiger partial charge in [-0.05, 0) is 13.0 Å². The van der Waals surface area contributed by atoms with E-state index in [9.17, 15) is 4.79 Å². The van der Waals surface area contributed by atoms with Gasteiger partial charge in [0.15, 0.2) is 5.69 Å². The average molecular weight is 340 g/mol. The fourth-order valence-electron chi connectivity index (χ4n) is 3.23. The molecule has 3 heterocycles. The molecule has 1 aromatic carbocycles. The van der Waals surface area contributed by atoms with Gasteiger partial charge in [-0.1, -0.05) is 18.2 Å². The van der Waals surface area contributed by atoms with E-state index < -0.39 is 0 Å². The number of nitrogens with zero attached hydrogens (tertiary/aromatic N) is 5. The third kappa shape index (κ3) is 2.89. The van der Waals surface area contributed by atoms with Gasteiger partial charge in [0.1, 0.15) is 0 Å². The molecule has 0 radical (unpaired) electrons. The third-order valence-corrected chi connectivity index (χ3v) is 4.72. The van der Waals surface area contributed by atoms with Crippen molar-refractivity contribution in [3.8, 4) is 0 Å². The second kappa shape index (κ2) is 6.29. The van der Waals surface area contributed by atoms with Crippen LogP contribution in [0.4, 0.5) is 0 Å². The fraction of sp³-hybridized carbons (Fsp3) is 0.412. The molecule has 1 saturated heterocycles.